The molecule has 4 rings (SSSR count). The summed E-state index contributed by atoms with van der Waals surface area (Å²) in [4.78, 5) is 5.00. The summed E-state index contributed by atoms with van der Waals surface area (Å²) < 4.78 is 20.3. The van der Waals surface area contributed by atoms with Gasteiger partial charge in [0.25, 0.3) is 0 Å². The Balaban J connectivity index is 1.20. The Bertz CT molecular complexity index is 949. The monoisotopic (exact) mass is 452 g/mol. The average Bonchev–Trinajstić information content (AvgIpc) is 3.19. The molecule has 1 fully saturated rings. The van der Waals surface area contributed by atoms with E-state index in [1.807, 2.05) is 11.3 Å². The molecule has 0 atom stereocenters. The van der Waals surface area contributed by atoms with Crippen molar-refractivity contribution >= 4 is 50.3 Å². The second kappa shape index (κ2) is 9.52. The van der Waals surface area contributed by atoms with Gasteiger partial charge in [-0.15, -0.1) is 11.3 Å². The molecular weight excluding hydrogens is 430 g/mol. The van der Waals surface area contributed by atoms with Crippen LogP contribution in [0.15, 0.2) is 41.8 Å². The SMILES string of the molecule is Fc1cc(Cl)c(OCCCCN2CCN(c3cccc4ccsc34)CC2)c(Cl)c1. The van der Waals surface area contributed by atoms with E-state index in [0.29, 0.717) is 12.4 Å². The molecule has 0 amide bonds. The number of halogens is 3. The molecule has 29 heavy (non-hydrogen) atoms. The van der Waals surface area contributed by atoms with Crippen molar-refractivity contribution in [3.05, 3.63) is 57.6 Å². The van der Waals surface area contributed by atoms with Crippen LogP contribution in [0.1, 0.15) is 12.8 Å². The minimum Gasteiger partial charge on any atom is -0.490 e. The lowest BCUT2D eigenvalue weighted by Crippen LogP contribution is -2.46. The summed E-state index contributed by atoms with van der Waals surface area (Å²) in [6.45, 7) is 5.80. The second-order valence-electron chi connectivity index (χ2n) is 7.20. The van der Waals surface area contributed by atoms with E-state index in [0.717, 1.165) is 45.6 Å². The van der Waals surface area contributed by atoms with Crippen LogP contribution in [0, 0.1) is 5.82 Å². The molecule has 2 heterocycles. The van der Waals surface area contributed by atoms with Crippen LogP contribution in [0.25, 0.3) is 10.1 Å². The Kier molecular flexibility index (Phi) is 6.81. The van der Waals surface area contributed by atoms with Crippen LogP contribution in [-0.2, 0) is 0 Å². The smallest absolute Gasteiger partial charge is 0.156 e. The largest absolute Gasteiger partial charge is 0.490 e. The number of unbranched alkanes of at least 4 members (excludes halogenated alkanes) is 1. The first-order valence-electron chi connectivity index (χ1n) is 9.83. The fraction of sp³-hybridized carbons (Fsp3) is 0.364. The fourth-order valence-electron chi connectivity index (χ4n) is 3.72. The van der Waals surface area contributed by atoms with E-state index in [9.17, 15) is 4.39 Å². The highest BCUT2D eigenvalue weighted by molar-refractivity contribution is 7.17. The van der Waals surface area contributed by atoms with Crippen molar-refractivity contribution < 1.29 is 9.13 Å². The van der Waals surface area contributed by atoms with E-state index in [4.69, 9.17) is 27.9 Å². The molecule has 154 valence electrons. The minimum absolute atomic E-state index is 0.215. The molecule has 0 aliphatic carbocycles. The van der Waals surface area contributed by atoms with Crippen molar-refractivity contribution in [2.24, 2.45) is 0 Å². The number of hydrogen-bond acceptors (Lipinski definition) is 4. The van der Waals surface area contributed by atoms with Gasteiger partial charge >= 0.3 is 0 Å². The van der Waals surface area contributed by atoms with E-state index in [1.54, 1.807) is 0 Å². The first kappa shape index (κ1) is 20.7. The van der Waals surface area contributed by atoms with Gasteiger partial charge in [-0.3, -0.25) is 4.90 Å². The minimum atomic E-state index is -0.457. The highest BCUT2D eigenvalue weighted by Crippen LogP contribution is 2.34. The Labute approximate surface area is 184 Å². The highest BCUT2D eigenvalue weighted by atomic mass is 35.5. The van der Waals surface area contributed by atoms with Crippen LogP contribution in [0.3, 0.4) is 0 Å². The zero-order chi connectivity index (χ0) is 20.2. The maximum absolute atomic E-state index is 13.2. The average molecular weight is 453 g/mol. The van der Waals surface area contributed by atoms with E-state index < -0.39 is 5.82 Å². The van der Waals surface area contributed by atoms with Crippen LogP contribution in [0.4, 0.5) is 10.1 Å². The lowest BCUT2D eigenvalue weighted by molar-refractivity contribution is 0.239. The van der Waals surface area contributed by atoms with Gasteiger partial charge in [-0.25, -0.2) is 4.39 Å². The maximum Gasteiger partial charge on any atom is 0.156 e. The van der Waals surface area contributed by atoms with E-state index >= 15 is 0 Å². The lowest BCUT2D eigenvalue weighted by atomic mass is 10.2. The number of piperazine rings is 1. The van der Waals surface area contributed by atoms with Gasteiger partial charge in [0, 0.05) is 26.2 Å². The molecule has 0 N–H and O–H groups in total. The fourth-order valence-corrected chi connectivity index (χ4v) is 5.23. The van der Waals surface area contributed by atoms with Gasteiger partial charge in [-0.1, -0.05) is 35.3 Å². The van der Waals surface area contributed by atoms with Crippen molar-refractivity contribution in [2.75, 3.05) is 44.2 Å². The Hall–Kier alpha value is -1.53. The molecule has 0 bridgehead atoms. The summed E-state index contributed by atoms with van der Waals surface area (Å²) in [5.74, 6) is -0.0899. The molecule has 1 aliphatic heterocycles. The normalized spacial score (nSPS) is 15.2. The number of thiophene rings is 1. The molecule has 0 radical (unpaired) electrons. The third-order valence-corrected chi connectivity index (χ3v) is 6.76. The van der Waals surface area contributed by atoms with Crippen molar-refractivity contribution in [2.45, 2.75) is 12.8 Å². The molecule has 0 unspecified atom stereocenters. The number of benzene rings is 2. The number of ether oxygens (including phenoxy) is 1. The van der Waals surface area contributed by atoms with Gasteiger partial charge < -0.3 is 9.64 Å². The molecule has 3 aromatic rings. The Morgan fingerprint density at radius 3 is 2.52 bits per heavy atom. The van der Waals surface area contributed by atoms with Gasteiger partial charge in [0.15, 0.2) is 5.75 Å². The quantitative estimate of drug-likeness (QED) is 0.389. The van der Waals surface area contributed by atoms with E-state index in [2.05, 4.69) is 39.4 Å². The third-order valence-electron chi connectivity index (χ3n) is 5.25. The molecule has 2 aromatic carbocycles. The first-order chi connectivity index (χ1) is 14.1. The predicted molar refractivity (Wildman–Crippen MR) is 122 cm³/mol. The molecule has 1 aliphatic rings. The van der Waals surface area contributed by atoms with E-state index in [1.165, 1.54) is 27.9 Å². The van der Waals surface area contributed by atoms with Crippen LogP contribution in [0.5, 0.6) is 5.75 Å². The first-order valence-corrected chi connectivity index (χ1v) is 11.5. The van der Waals surface area contributed by atoms with Crippen LogP contribution < -0.4 is 9.64 Å². The summed E-state index contributed by atoms with van der Waals surface area (Å²) in [7, 11) is 0. The van der Waals surface area contributed by atoms with Crippen LogP contribution in [0.2, 0.25) is 10.0 Å². The molecule has 1 aromatic heterocycles. The number of hydrogen-bond donors (Lipinski definition) is 0. The van der Waals surface area contributed by atoms with Crippen molar-refractivity contribution in [1.29, 1.82) is 0 Å². The number of fused-ring (bicyclic) bond motifs is 1. The molecule has 3 nitrogen and oxygen atoms in total. The topological polar surface area (TPSA) is 15.7 Å². The van der Waals surface area contributed by atoms with Crippen molar-refractivity contribution in [3.8, 4) is 5.75 Å². The maximum atomic E-state index is 13.2. The third kappa shape index (κ3) is 4.97. The number of rotatable bonds is 7. The molecule has 0 spiro atoms. The summed E-state index contributed by atoms with van der Waals surface area (Å²) in [6.07, 6.45) is 1.94. The summed E-state index contributed by atoms with van der Waals surface area (Å²) >= 11 is 13.8. The summed E-state index contributed by atoms with van der Waals surface area (Å²) in [5, 5.41) is 3.92. The van der Waals surface area contributed by atoms with Crippen molar-refractivity contribution in [1.82, 2.24) is 4.90 Å². The molecule has 7 heteroatoms. The Morgan fingerprint density at radius 2 is 1.76 bits per heavy atom. The standard InChI is InChI=1S/C22H23Cl2FN2OS/c23-18-14-17(25)15-19(24)21(18)28-12-2-1-7-26-8-10-27(11-9-26)20-5-3-4-16-6-13-29-22(16)20/h3-6,13-15H,1-2,7-12H2. The molecule has 0 saturated carbocycles. The number of nitrogens with zero attached hydrogens (tertiary/aromatic N) is 2. The molecular formula is C22H23Cl2FN2OS. The highest BCUT2D eigenvalue weighted by Gasteiger charge is 2.18. The molecule has 1 saturated heterocycles. The lowest BCUT2D eigenvalue weighted by Gasteiger charge is -2.36. The van der Waals surface area contributed by atoms with Gasteiger partial charge in [0.2, 0.25) is 0 Å². The van der Waals surface area contributed by atoms with Crippen molar-refractivity contribution in [3.63, 3.8) is 0 Å². The van der Waals surface area contributed by atoms with Gasteiger partial charge in [0.05, 0.1) is 27.0 Å². The van der Waals surface area contributed by atoms with Crippen LogP contribution >= 0.6 is 34.5 Å². The second-order valence-corrected chi connectivity index (χ2v) is 8.93. The van der Waals surface area contributed by atoms with Crippen LogP contribution in [-0.4, -0.2) is 44.2 Å². The predicted octanol–water partition coefficient (Wildman–Crippen LogP) is 6.33. The van der Waals surface area contributed by atoms with Gasteiger partial charge in [0.1, 0.15) is 5.82 Å². The zero-order valence-electron chi connectivity index (χ0n) is 16.0. The van der Waals surface area contributed by atoms with E-state index in [-0.39, 0.29) is 10.0 Å². The Morgan fingerprint density at radius 1 is 1.00 bits per heavy atom. The zero-order valence-corrected chi connectivity index (χ0v) is 18.4. The summed E-state index contributed by atoms with van der Waals surface area (Å²) in [6, 6.07) is 11.2. The number of anilines is 1. The van der Waals surface area contributed by atoms with Gasteiger partial charge in [-0.05, 0) is 54.4 Å². The summed E-state index contributed by atoms with van der Waals surface area (Å²) in [5.41, 5.74) is 1.36. The van der Waals surface area contributed by atoms with Gasteiger partial charge in [-0.2, -0.15) is 0 Å².